The second-order valence-corrected chi connectivity index (χ2v) is 6.31. The third-order valence-electron chi connectivity index (χ3n) is 4.81. The number of aromatic nitrogens is 2. The second-order valence-electron chi connectivity index (χ2n) is 6.31. The molecule has 5 heteroatoms. The van der Waals surface area contributed by atoms with Crippen molar-refractivity contribution in [2.45, 2.75) is 57.9 Å². The van der Waals surface area contributed by atoms with Crippen LogP contribution >= 0.6 is 0 Å². The Bertz CT molecular complexity index is 511. The number of carbonyl (C=O) groups excluding carboxylic acids is 1. The van der Waals surface area contributed by atoms with E-state index in [0.29, 0.717) is 18.9 Å². The van der Waals surface area contributed by atoms with Crippen LogP contribution in [-0.4, -0.2) is 27.3 Å². The van der Waals surface area contributed by atoms with Gasteiger partial charge in [-0.25, -0.2) is 9.97 Å². The van der Waals surface area contributed by atoms with Gasteiger partial charge in [-0.1, -0.05) is 32.1 Å². The maximum Gasteiger partial charge on any atom is 0.222 e. The lowest BCUT2D eigenvalue weighted by molar-refractivity contribution is -0.132. The first-order valence-corrected chi connectivity index (χ1v) is 8.10. The first kappa shape index (κ1) is 14.3. The fourth-order valence-electron chi connectivity index (χ4n) is 3.49. The highest BCUT2D eigenvalue weighted by molar-refractivity contribution is 5.76. The number of anilines is 1. The molecule has 0 atom stereocenters. The van der Waals surface area contributed by atoms with Crippen molar-refractivity contribution in [1.29, 1.82) is 0 Å². The molecule has 1 fully saturated rings. The molecule has 3 rings (SSSR count). The summed E-state index contributed by atoms with van der Waals surface area (Å²) in [7, 11) is 0. The summed E-state index contributed by atoms with van der Waals surface area (Å²) >= 11 is 0. The Morgan fingerprint density at radius 2 is 2.14 bits per heavy atom. The quantitative estimate of drug-likeness (QED) is 0.926. The molecule has 1 aliphatic carbocycles. The smallest absolute Gasteiger partial charge is 0.222 e. The highest BCUT2D eigenvalue weighted by Crippen LogP contribution is 2.28. The van der Waals surface area contributed by atoms with Gasteiger partial charge in [-0.05, 0) is 24.3 Å². The third-order valence-corrected chi connectivity index (χ3v) is 4.81. The van der Waals surface area contributed by atoms with Crippen LogP contribution in [0.3, 0.4) is 0 Å². The molecular weight excluding hydrogens is 264 g/mol. The molecule has 114 valence electrons. The first-order valence-electron chi connectivity index (χ1n) is 8.10. The highest BCUT2D eigenvalue weighted by Gasteiger charge is 2.23. The normalized spacial score (nSPS) is 19.3. The lowest BCUT2D eigenvalue weighted by Gasteiger charge is -2.29. The predicted octanol–water partition coefficient (Wildman–Crippen LogP) is 2.30. The minimum Gasteiger partial charge on any atom is -0.368 e. The van der Waals surface area contributed by atoms with Crippen LogP contribution in [0, 0.1) is 5.92 Å². The Hall–Kier alpha value is -1.65. The maximum absolute atomic E-state index is 12.4. The van der Waals surface area contributed by atoms with E-state index in [4.69, 9.17) is 5.73 Å². The van der Waals surface area contributed by atoms with E-state index < -0.39 is 0 Å². The molecule has 5 nitrogen and oxygen atoms in total. The average Bonchev–Trinajstić information content (AvgIpc) is 2.53. The summed E-state index contributed by atoms with van der Waals surface area (Å²) in [5.41, 5.74) is 7.68. The number of amides is 1. The van der Waals surface area contributed by atoms with Gasteiger partial charge in [-0.15, -0.1) is 0 Å². The summed E-state index contributed by atoms with van der Waals surface area (Å²) in [5.74, 6) is 1.33. The van der Waals surface area contributed by atoms with Gasteiger partial charge in [0.1, 0.15) is 0 Å². The molecule has 1 aliphatic heterocycles. The minimum atomic E-state index is 0.267. The molecular formula is C16H24N4O. The summed E-state index contributed by atoms with van der Waals surface area (Å²) < 4.78 is 0. The Morgan fingerprint density at radius 3 is 2.95 bits per heavy atom. The van der Waals surface area contributed by atoms with E-state index in [1.807, 2.05) is 4.90 Å². The molecule has 0 spiro atoms. The topological polar surface area (TPSA) is 72.1 Å². The van der Waals surface area contributed by atoms with Crippen LogP contribution in [-0.2, 0) is 17.8 Å². The molecule has 2 aliphatic rings. The van der Waals surface area contributed by atoms with Gasteiger partial charge < -0.3 is 10.6 Å². The fraction of sp³-hybridized carbons (Fsp3) is 0.688. The monoisotopic (exact) mass is 288 g/mol. The van der Waals surface area contributed by atoms with Crippen molar-refractivity contribution < 1.29 is 4.79 Å². The summed E-state index contributed by atoms with van der Waals surface area (Å²) in [6, 6.07) is 0. The number of fused-ring (bicyclic) bond motifs is 1. The summed E-state index contributed by atoms with van der Waals surface area (Å²) in [5, 5.41) is 0. The Labute approximate surface area is 125 Å². The van der Waals surface area contributed by atoms with Crippen LogP contribution < -0.4 is 5.73 Å². The second kappa shape index (κ2) is 6.41. The van der Waals surface area contributed by atoms with Crippen LogP contribution in [0.25, 0.3) is 0 Å². The molecule has 21 heavy (non-hydrogen) atoms. The molecule has 1 aromatic heterocycles. The Balaban J connectivity index is 1.54. The summed E-state index contributed by atoms with van der Waals surface area (Å²) in [6.07, 6.45) is 11.0. The van der Waals surface area contributed by atoms with Crippen molar-refractivity contribution in [3.05, 3.63) is 17.5 Å². The van der Waals surface area contributed by atoms with Gasteiger partial charge in [0, 0.05) is 19.2 Å². The zero-order valence-corrected chi connectivity index (χ0v) is 12.6. The van der Waals surface area contributed by atoms with Crippen LogP contribution in [0.2, 0.25) is 0 Å². The van der Waals surface area contributed by atoms with Crippen molar-refractivity contribution >= 4 is 11.9 Å². The molecule has 1 aromatic rings. The molecule has 1 saturated carbocycles. The Kier molecular flexibility index (Phi) is 4.36. The van der Waals surface area contributed by atoms with Gasteiger partial charge in [0.2, 0.25) is 11.9 Å². The fourth-order valence-corrected chi connectivity index (χ4v) is 3.49. The van der Waals surface area contributed by atoms with Crippen LogP contribution in [0.15, 0.2) is 6.20 Å². The van der Waals surface area contributed by atoms with E-state index in [1.165, 1.54) is 32.1 Å². The van der Waals surface area contributed by atoms with Crippen molar-refractivity contribution in [3.63, 3.8) is 0 Å². The van der Waals surface area contributed by atoms with E-state index in [0.717, 1.165) is 36.6 Å². The van der Waals surface area contributed by atoms with Gasteiger partial charge in [-0.3, -0.25) is 4.79 Å². The minimum absolute atomic E-state index is 0.267. The molecule has 0 bridgehead atoms. The molecule has 0 unspecified atom stereocenters. The molecule has 0 saturated heterocycles. The number of hydrogen-bond donors (Lipinski definition) is 1. The highest BCUT2D eigenvalue weighted by atomic mass is 16.2. The lowest BCUT2D eigenvalue weighted by atomic mass is 9.86. The van der Waals surface area contributed by atoms with Crippen molar-refractivity contribution in [1.82, 2.24) is 14.9 Å². The number of nitrogens with two attached hydrogens (primary N) is 1. The standard InChI is InChI=1S/C16H24N4O/c17-16-18-10-13-8-9-20(11-14(13)19-16)15(21)7-6-12-4-2-1-3-5-12/h10,12H,1-9,11H2,(H2,17,18,19). The van der Waals surface area contributed by atoms with Crippen LogP contribution in [0.1, 0.15) is 56.2 Å². The van der Waals surface area contributed by atoms with Gasteiger partial charge in [0.15, 0.2) is 0 Å². The van der Waals surface area contributed by atoms with Crippen molar-refractivity contribution in [2.75, 3.05) is 12.3 Å². The molecule has 1 amide bonds. The maximum atomic E-state index is 12.4. The Morgan fingerprint density at radius 1 is 1.33 bits per heavy atom. The number of nitrogens with zero attached hydrogens (tertiary/aromatic N) is 3. The average molecular weight is 288 g/mol. The third kappa shape index (κ3) is 3.52. The molecule has 2 heterocycles. The van der Waals surface area contributed by atoms with Gasteiger partial charge in [0.25, 0.3) is 0 Å². The summed E-state index contributed by atoms with van der Waals surface area (Å²) in [6.45, 7) is 1.37. The largest absolute Gasteiger partial charge is 0.368 e. The van der Waals surface area contributed by atoms with Crippen LogP contribution in [0.5, 0.6) is 0 Å². The van der Waals surface area contributed by atoms with E-state index >= 15 is 0 Å². The van der Waals surface area contributed by atoms with Crippen molar-refractivity contribution in [3.8, 4) is 0 Å². The van der Waals surface area contributed by atoms with E-state index in [2.05, 4.69) is 9.97 Å². The van der Waals surface area contributed by atoms with E-state index in [9.17, 15) is 4.79 Å². The van der Waals surface area contributed by atoms with E-state index in [1.54, 1.807) is 6.20 Å². The molecule has 0 radical (unpaired) electrons. The zero-order chi connectivity index (χ0) is 14.7. The van der Waals surface area contributed by atoms with Gasteiger partial charge in [0.05, 0.1) is 12.2 Å². The van der Waals surface area contributed by atoms with Gasteiger partial charge >= 0.3 is 0 Å². The molecule has 2 N–H and O–H groups in total. The van der Waals surface area contributed by atoms with Crippen LogP contribution in [0.4, 0.5) is 5.95 Å². The number of nitrogen functional groups attached to an aromatic ring is 1. The number of hydrogen-bond acceptors (Lipinski definition) is 4. The number of rotatable bonds is 3. The van der Waals surface area contributed by atoms with Crippen molar-refractivity contribution in [2.24, 2.45) is 5.92 Å². The predicted molar refractivity (Wildman–Crippen MR) is 81.4 cm³/mol. The molecule has 0 aromatic carbocycles. The van der Waals surface area contributed by atoms with Gasteiger partial charge in [-0.2, -0.15) is 0 Å². The number of carbonyl (C=O) groups is 1. The SMILES string of the molecule is Nc1ncc2c(n1)CN(C(=O)CCC1CCCCC1)CC2. The zero-order valence-electron chi connectivity index (χ0n) is 12.6. The van der Waals surface area contributed by atoms with E-state index in [-0.39, 0.29) is 5.91 Å². The summed E-state index contributed by atoms with van der Waals surface area (Å²) in [4.78, 5) is 22.6. The lowest BCUT2D eigenvalue weighted by Crippen LogP contribution is -2.36. The first-order chi connectivity index (χ1) is 10.2.